The molecule has 2 heterocycles. The monoisotopic (exact) mass is 403 g/mol. The molecule has 1 atom stereocenters. The Balaban J connectivity index is 1.49. The highest BCUT2D eigenvalue weighted by atomic mass is 16.5. The number of aromatic nitrogens is 2. The number of carbonyl (C=O) groups is 1. The Morgan fingerprint density at radius 2 is 1.90 bits per heavy atom. The molecule has 154 valence electrons. The Kier molecular flexibility index (Phi) is 4.42. The van der Waals surface area contributed by atoms with Crippen molar-refractivity contribution >= 4 is 27.7 Å². The molecule has 1 amide bonds. The van der Waals surface area contributed by atoms with Crippen molar-refractivity contribution in [2.75, 3.05) is 14.2 Å². The summed E-state index contributed by atoms with van der Waals surface area (Å²) < 4.78 is 12.7. The van der Waals surface area contributed by atoms with Gasteiger partial charge < -0.3 is 24.3 Å². The minimum atomic E-state index is -0.0804. The summed E-state index contributed by atoms with van der Waals surface area (Å²) in [7, 11) is 5.13. The Morgan fingerprint density at radius 1 is 1.13 bits per heavy atom. The third kappa shape index (κ3) is 2.83. The molecule has 2 aromatic carbocycles. The van der Waals surface area contributed by atoms with E-state index in [-0.39, 0.29) is 11.9 Å². The summed E-state index contributed by atoms with van der Waals surface area (Å²) in [6.07, 6.45) is 3.03. The average molecular weight is 403 g/mol. The number of aryl methyl sites for hydroxylation is 2. The molecule has 0 saturated heterocycles. The number of hydrogen-bond acceptors (Lipinski definition) is 3. The van der Waals surface area contributed by atoms with Crippen LogP contribution in [0.4, 0.5) is 0 Å². The lowest BCUT2D eigenvalue weighted by molar-refractivity contribution is 0.0924. The SMILES string of the molecule is COc1cc2cc(C(=O)NC3CCCc4c3[nH]c3ccccc43)n(C)c2cc1OC. The normalized spacial score (nSPS) is 15.9. The summed E-state index contributed by atoms with van der Waals surface area (Å²) in [5.74, 6) is 1.22. The lowest BCUT2D eigenvalue weighted by atomic mass is 9.91. The van der Waals surface area contributed by atoms with Gasteiger partial charge in [0.05, 0.1) is 25.8 Å². The first-order chi connectivity index (χ1) is 14.6. The van der Waals surface area contributed by atoms with Crippen LogP contribution in [0.3, 0.4) is 0 Å². The van der Waals surface area contributed by atoms with Crippen molar-refractivity contribution in [1.29, 1.82) is 0 Å². The quantitative estimate of drug-likeness (QED) is 0.528. The van der Waals surface area contributed by atoms with E-state index in [1.165, 1.54) is 10.9 Å². The molecule has 0 radical (unpaired) electrons. The summed E-state index contributed by atoms with van der Waals surface area (Å²) in [6.45, 7) is 0. The van der Waals surface area contributed by atoms with Gasteiger partial charge in [0.1, 0.15) is 5.69 Å². The van der Waals surface area contributed by atoms with Crippen molar-refractivity contribution in [3.8, 4) is 11.5 Å². The standard InChI is InChI=1S/C24H25N3O3/c1-27-19-13-22(30-3)21(29-2)12-14(19)11-20(27)24(28)26-18-10-6-8-16-15-7-4-5-9-17(15)25-23(16)18/h4-5,7,9,11-13,18,25H,6,8,10H2,1-3H3,(H,26,28). The lowest BCUT2D eigenvalue weighted by Crippen LogP contribution is -2.32. The maximum atomic E-state index is 13.2. The zero-order valence-electron chi connectivity index (χ0n) is 17.4. The first-order valence-electron chi connectivity index (χ1n) is 10.2. The topological polar surface area (TPSA) is 68.3 Å². The number of nitrogens with one attached hydrogen (secondary N) is 2. The number of H-pyrrole nitrogens is 1. The van der Waals surface area contributed by atoms with Crippen molar-refractivity contribution in [2.45, 2.75) is 25.3 Å². The van der Waals surface area contributed by atoms with E-state index >= 15 is 0 Å². The van der Waals surface area contributed by atoms with E-state index in [1.54, 1.807) is 14.2 Å². The smallest absolute Gasteiger partial charge is 0.268 e. The molecule has 0 spiro atoms. The number of amides is 1. The Hall–Kier alpha value is -3.41. The van der Waals surface area contributed by atoms with E-state index in [2.05, 4.69) is 28.5 Å². The summed E-state index contributed by atoms with van der Waals surface area (Å²) >= 11 is 0. The van der Waals surface area contributed by atoms with Crippen molar-refractivity contribution < 1.29 is 14.3 Å². The number of nitrogens with zero attached hydrogens (tertiary/aromatic N) is 1. The number of aromatic amines is 1. The molecule has 6 nitrogen and oxygen atoms in total. The van der Waals surface area contributed by atoms with Gasteiger partial charge >= 0.3 is 0 Å². The first kappa shape index (κ1) is 18.6. The molecule has 1 aliphatic rings. The van der Waals surface area contributed by atoms with Gasteiger partial charge in [-0.1, -0.05) is 18.2 Å². The average Bonchev–Trinajstić information content (AvgIpc) is 3.31. The summed E-state index contributed by atoms with van der Waals surface area (Å²) in [6, 6.07) is 14.0. The zero-order chi connectivity index (χ0) is 20.8. The van der Waals surface area contributed by atoms with Crippen LogP contribution >= 0.6 is 0 Å². The van der Waals surface area contributed by atoms with Crippen LogP contribution in [0.15, 0.2) is 42.5 Å². The van der Waals surface area contributed by atoms with Gasteiger partial charge in [-0.2, -0.15) is 0 Å². The number of carbonyl (C=O) groups excluding carboxylic acids is 1. The highest BCUT2D eigenvalue weighted by Gasteiger charge is 2.27. The van der Waals surface area contributed by atoms with Crippen LogP contribution in [0, 0.1) is 0 Å². The molecule has 1 unspecified atom stereocenters. The third-order valence-electron chi connectivity index (χ3n) is 6.20. The Morgan fingerprint density at radius 3 is 2.70 bits per heavy atom. The summed E-state index contributed by atoms with van der Waals surface area (Å²) in [5.41, 5.74) is 5.13. The van der Waals surface area contributed by atoms with Crippen LogP contribution < -0.4 is 14.8 Å². The fourth-order valence-electron chi connectivity index (χ4n) is 4.67. The molecule has 0 aliphatic heterocycles. The minimum absolute atomic E-state index is 0.0178. The fourth-order valence-corrected chi connectivity index (χ4v) is 4.67. The predicted octanol–water partition coefficient (Wildman–Crippen LogP) is 4.48. The summed E-state index contributed by atoms with van der Waals surface area (Å²) in [4.78, 5) is 16.8. The van der Waals surface area contributed by atoms with Gasteiger partial charge in [0.15, 0.2) is 11.5 Å². The van der Waals surface area contributed by atoms with Crippen LogP contribution in [0.2, 0.25) is 0 Å². The van der Waals surface area contributed by atoms with Gasteiger partial charge in [-0.25, -0.2) is 0 Å². The van der Waals surface area contributed by atoms with Crippen molar-refractivity contribution in [2.24, 2.45) is 7.05 Å². The van der Waals surface area contributed by atoms with E-state index in [1.807, 2.05) is 35.9 Å². The Labute approximate surface area is 174 Å². The molecule has 5 rings (SSSR count). The number of benzene rings is 2. The molecular weight excluding hydrogens is 378 g/mol. The zero-order valence-corrected chi connectivity index (χ0v) is 17.4. The van der Waals surface area contributed by atoms with Crippen molar-refractivity contribution in [3.05, 3.63) is 59.4 Å². The molecule has 4 aromatic rings. The molecule has 2 N–H and O–H groups in total. The number of fused-ring (bicyclic) bond motifs is 4. The molecule has 0 bridgehead atoms. The van der Waals surface area contributed by atoms with Crippen molar-refractivity contribution in [1.82, 2.24) is 14.9 Å². The number of methoxy groups -OCH3 is 2. The van der Waals surface area contributed by atoms with E-state index in [9.17, 15) is 4.79 Å². The fraction of sp³-hybridized carbons (Fsp3) is 0.292. The molecule has 2 aromatic heterocycles. The lowest BCUT2D eigenvalue weighted by Gasteiger charge is -2.24. The van der Waals surface area contributed by atoms with Gasteiger partial charge in [0, 0.05) is 35.1 Å². The number of hydrogen-bond donors (Lipinski definition) is 2. The number of rotatable bonds is 4. The van der Waals surface area contributed by atoms with Crippen LogP contribution in [-0.2, 0) is 13.5 Å². The molecule has 6 heteroatoms. The molecule has 30 heavy (non-hydrogen) atoms. The predicted molar refractivity (Wildman–Crippen MR) is 117 cm³/mol. The van der Waals surface area contributed by atoms with E-state index < -0.39 is 0 Å². The van der Waals surface area contributed by atoms with E-state index in [4.69, 9.17) is 9.47 Å². The first-order valence-corrected chi connectivity index (χ1v) is 10.2. The second-order valence-electron chi connectivity index (χ2n) is 7.84. The van der Waals surface area contributed by atoms with E-state index in [0.717, 1.165) is 41.4 Å². The second kappa shape index (κ2) is 7.13. The summed E-state index contributed by atoms with van der Waals surface area (Å²) in [5, 5.41) is 5.46. The molecule has 1 aliphatic carbocycles. The number of ether oxygens (including phenoxy) is 2. The molecule has 0 saturated carbocycles. The van der Waals surface area contributed by atoms with Gasteiger partial charge in [0.2, 0.25) is 0 Å². The largest absolute Gasteiger partial charge is 0.493 e. The maximum Gasteiger partial charge on any atom is 0.268 e. The Bertz CT molecular complexity index is 1270. The number of para-hydroxylation sites is 1. The van der Waals surface area contributed by atoms with Crippen molar-refractivity contribution in [3.63, 3.8) is 0 Å². The van der Waals surface area contributed by atoms with Gasteiger partial charge in [-0.15, -0.1) is 0 Å². The molecule has 0 fully saturated rings. The molecular formula is C24H25N3O3. The highest BCUT2D eigenvalue weighted by molar-refractivity contribution is 5.99. The van der Waals surface area contributed by atoms with Crippen LogP contribution in [-0.4, -0.2) is 29.7 Å². The van der Waals surface area contributed by atoms with Crippen LogP contribution in [0.5, 0.6) is 11.5 Å². The van der Waals surface area contributed by atoms with Crippen LogP contribution in [0.1, 0.15) is 40.6 Å². The van der Waals surface area contributed by atoms with Gasteiger partial charge in [-0.05, 0) is 43.0 Å². The van der Waals surface area contributed by atoms with Gasteiger partial charge in [0.25, 0.3) is 5.91 Å². The minimum Gasteiger partial charge on any atom is -0.493 e. The van der Waals surface area contributed by atoms with Crippen LogP contribution in [0.25, 0.3) is 21.8 Å². The second-order valence-corrected chi connectivity index (χ2v) is 7.84. The van der Waals surface area contributed by atoms with E-state index in [0.29, 0.717) is 17.2 Å². The highest BCUT2D eigenvalue weighted by Crippen LogP contribution is 2.36. The third-order valence-corrected chi connectivity index (χ3v) is 6.20. The van der Waals surface area contributed by atoms with Gasteiger partial charge in [-0.3, -0.25) is 4.79 Å². The maximum absolute atomic E-state index is 13.2.